The number of rotatable bonds is 9. The van der Waals surface area contributed by atoms with Crippen LogP contribution in [0.2, 0.25) is 0 Å². The van der Waals surface area contributed by atoms with Crippen molar-refractivity contribution in [2.75, 3.05) is 13.2 Å². The highest BCUT2D eigenvalue weighted by molar-refractivity contribution is 5.23. The number of hydrogen-bond donors (Lipinski definition) is 8. The van der Waals surface area contributed by atoms with Gasteiger partial charge in [0, 0.05) is 0 Å². The van der Waals surface area contributed by atoms with Gasteiger partial charge in [-0.25, -0.2) is 0 Å². The zero-order valence-corrected chi connectivity index (χ0v) is 33.7. The van der Waals surface area contributed by atoms with Crippen molar-refractivity contribution in [1.29, 1.82) is 0 Å². The second-order valence-electron chi connectivity index (χ2n) is 19.4. The molecule has 4 saturated carbocycles. The van der Waals surface area contributed by atoms with Crippen molar-refractivity contribution in [2.24, 2.45) is 45.3 Å². The summed E-state index contributed by atoms with van der Waals surface area (Å²) in [6, 6.07) is 0. The number of fused-ring (bicyclic) bond motifs is 5. The van der Waals surface area contributed by atoms with Crippen LogP contribution in [0.15, 0.2) is 23.3 Å². The quantitative estimate of drug-likeness (QED) is 0.126. The molecule has 12 nitrogen and oxygen atoms in total. The first-order valence-electron chi connectivity index (χ1n) is 20.5. The molecule has 310 valence electrons. The largest absolute Gasteiger partial charge is 0.394 e. The number of allylic oxidation sites excluding steroid dienone is 4. The van der Waals surface area contributed by atoms with Gasteiger partial charge in [0.25, 0.3) is 0 Å². The van der Waals surface area contributed by atoms with Crippen LogP contribution in [0.25, 0.3) is 0 Å². The first-order chi connectivity index (χ1) is 25.3. The lowest BCUT2D eigenvalue weighted by molar-refractivity contribution is -0.379. The Kier molecular flexibility index (Phi) is 12.3. The van der Waals surface area contributed by atoms with Gasteiger partial charge < -0.3 is 59.8 Å². The van der Waals surface area contributed by atoms with Gasteiger partial charge in [-0.3, -0.25) is 0 Å². The van der Waals surface area contributed by atoms with Gasteiger partial charge in [0.1, 0.15) is 48.8 Å². The van der Waals surface area contributed by atoms with E-state index in [0.29, 0.717) is 18.3 Å². The molecule has 0 spiro atoms. The fourth-order valence-electron chi connectivity index (χ4n) is 12.9. The summed E-state index contributed by atoms with van der Waals surface area (Å²) in [5.41, 5.74) is 2.10. The highest BCUT2D eigenvalue weighted by Gasteiger charge is 2.72. The van der Waals surface area contributed by atoms with Crippen molar-refractivity contribution in [3.05, 3.63) is 23.3 Å². The Bertz CT molecular complexity index is 1380. The Balaban J connectivity index is 1.23. The normalized spacial score (nSPS) is 51.9. The maximum atomic E-state index is 12.1. The van der Waals surface area contributed by atoms with Gasteiger partial charge in [-0.1, -0.05) is 57.9 Å². The molecule has 2 saturated heterocycles. The molecule has 0 bridgehead atoms. The summed E-state index contributed by atoms with van der Waals surface area (Å²) in [4.78, 5) is 0. The summed E-state index contributed by atoms with van der Waals surface area (Å²) in [6.45, 7) is 17.1. The minimum Gasteiger partial charge on any atom is -0.394 e. The van der Waals surface area contributed by atoms with Crippen LogP contribution in [0.3, 0.4) is 0 Å². The van der Waals surface area contributed by atoms with Gasteiger partial charge in [0.15, 0.2) is 12.6 Å². The van der Waals surface area contributed by atoms with Crippen LogP contribution in [0.1, 0.15) is 107 Å². The van der Waals surface area contributed by atoms with Crippen molar-refractivity contribution >= 4 is 0 Å². The molecule has 0 aromatic heterocycles. The summed E-state index contributed by atoms with van der Waals surface area (Å²) >= 11 is 0. The third-order valence-corrected chi connectivity index (χ3v) is 16.3. The molecule has 0 aromatic carbocycles. The molecule has 2 heterocycles. The minimum absolute atomic E-state index is 0.0479. The zero-order valence-electron chi connectivity index (χ0n) is 33.7. The predicted octanol–water partition coefficient (Wildman–Crippen LogP) is 2.95. The SMILES string of the molecule is CC(C)=CC/C=C(/C)[C@H]1CCC2[C@@H]1[C@H](O)C[C@@]1(C)[C@@]2(C)CC[C@H]2C(C)(C)[C@@H](O[C@@H]3O[C@H](CO)[C@@H](O)[C@H](O)C3O[C@@H]3O[C@H](CO)[C@@H](O)[C@H](O)[C@H]3O)CC[C@@]21C. The molecule has 6 rings (SSSR count). The number of aliphatic hydroxyl groups excluding tert-OH is 8. The summed E-state index contributed by atoms with van der Waals surface area (Å²) < 4.78 is 24.4. The van der Waals surface area contributed by atoms with E-state index in [1.165, 1.54) is 11.1 Å². The fraction of sp³-hybridized carbons (Fsp3) is 0.905. The van der Waals surface area contributed by atoms with Crippen molar-refractivity contribution in [3.8, 4) is 0 Å². The second-order valence-corrected chi connectivity index (χ2v) is 19.4. The lowest BCUT2D eigenvalue weighted by Crippen LogP contribution is -2.69. The van der Waals surface area contributed by atoms with Crippen LogP contribution in [0.5, 0.6) is 0 Å². The van der Waals surface area contributed by atoms with E-state index in [1.807, 2.05) is 0 Å². The van der Waals surface area contributed by atoms with Crippen LogP contribution < -0.4 is 0 Å². The first kappa shape index (κ1) is 42.6. The highest BCUT2D eigenvalue weighted by Crippen LogP contribution is 2.77. The third-order valence-electron chi connectivity index (χ3n) is 16.3. The molecular formula is C42H70O12. The van der Waals surface area contributed by atoms with Crippen LogP contribution in [-0.4, -0.2) is 128 Å². The molecule has 19 atom stereocenters. The van der Waals surface area contributed by atoms with Crippen molar-refractivity contribution in [3.63, 3.8) is 0 Å². The van der Waals surface area contributed by atoms with Crippen molar-refractivity contribution in [2.45, 2.75) is 180 Å². The first-order valence-corrected chi connectivity index (χ1v) is 20.5. The number of hydrogen-bond acceptors (Lipinski definition) is 12. The van der Waals surface area contributed by atoms with E-state index in [9.17, 15) is 40.9 Å². The average Bonchev–Trinajstić information content (AvgIpc) is 3.58. The van der Waals surface area contributed by atoms with Gasteiger partial charge >= 0.3 is 0 Å². The van der Waals surface area contributed by atoms with Crippen LogP contribution in [0.4, 0.5) is 0 Å². The molecule has 54 heavy (non-hydrogen) atoms. The molecule has 6 fully saturated rings. The van der Waals surface area contributed by atoms with Crippen LogP contribution >= 0.6 is 0 Å². The second kappa shape index (κ2) is 15.6. The molecule has 2 unspecified atom stereocenters. The molecule has 0 radical (unpaired) electrons. The third kappa shape index (κ3) is 6.79. The Morgan fingerprint density at radius 2 is 1.30 bits per heavy atom. The predicted molar refractivity (Wildman–Crippen MR) is 199 cm³/mol. The van der Waals surface area contributed by atoms with Gasteiger partial charge in [-0.2, -0.15) is 0 Å². The average molecular weight is 767 g/mol. The molecule has 8 N–H and O–H groups in total. The van der Waals surface area contributed by atoms with E-state index in [4.69, 9.17) is 18.9 Å². The maximum absolute atomic E-state index is 12.1. The van der Waals surface area contributed by atoms with E-state index >= 15 is 0 Å². The van der Waals surface area contributed by atoms with E-state index in [1.54, 1.807) is 0 Å². The molecule has 4 aliphatic carbocycles. The molecule has 0 amide bonds. The Morgan fingerprint density at radius 3 is 1.93 bits per heavy atom. The molecule has 0 aromatic rings. The lowest BCUT2D eigenvalue weighted by Gasteiger charge is -2.73. The molecule has 2 aliphatic heterocycles. The lowest BCUT2D eigenvalue weighted by atomic mass is 9.32. The van der Waals surface area contributed by atoms with Crippen molar-refractivity contribution < 1.29 is 59.8 Å². The number of aliphatic hydroxyl groups is 8. The summed E-state index contributed by atoms with van der Waals surface area (Å²) in [5.74, 6) is 1.29. The minimum atomic E-state index is -1.74. The van der Waals surface area contributed by atoms with Crippen molar-refractivity contribution in [1.82, 2.24) is 0 Å². The monoisotopic (exact) mass is 766 g/mol. The van der Waals surface area contributed by atoms with Crippen LogP contribution in [-0.2, 0) is 18.9 Å². The number of ether oxygens (including phenoxy) is 4. The highest BCUT2D eigenvalue weighted by atomic mass is 16.8. The standard InChI is InChI=1S/C42H70O12/c1-21(2)10-9-11-22(3)23-12-13-24-30(23)25(45)18-42(8)40(24,6)16-14-28-39(4,5)29(15-17-41(28,42)7)53-38-36(34(49)32(47)27(20-44)52-38)54-37-35(50)33(48)31(46)26(19-43)51-37/h10-11,23-38,43-50H,9,12-20H2,1-8H3/b22-11-/t23-,24?,25-,26-,27-,28+,29+,30-,31-,32-,33+,34+,35-,36?,37+,38+,40+,41+,42+/m1/s1. The fourth-order valence-corrected chi connectivity index (χ4v) is 12.9. The van der Waals surface area contributed by atoms with E-state index in [2.05, 4.69) is 67.5 Å². The van der Waals surface area contributed by atoms with E-state index in [0.717, 1.165) is 44.9 Å². The summed E-state index contributed by atoms with van der Waals surface area (Å²) in [5, 5.41) is 85.5. The van der Waals surface area contributed by atoms with E-state index < -0.39 is 80.0 Å². The Morgan fingerprint density at radius 1 is 0.685 bits per heavy atom. The Hall–Kier alpha value is -1.00. The molecule has 12 heteroatoms. The van der Waals surface area contributed by atoms with E-state index in [-0.39, 0.29) is 40.3 Å². The maximum Gasteiger partial charge on any atom is 0.187 e. The van der Waals surface area contributed by atoms with Gasteiger partial charge in [0.05, 0.1) is 25.4 Å². The smallest absolute Gasteiger partial charge is 0.187 e. The van der Waals surface area contributed by atoms with Gasteiger partial charge in [-0.05, 0) is 117 Å². The summed E-state index contributed by atoms with van der Waals surface area (Å²) in [6.07, 6.45) is -3.68. The van der Waals surface area contributed by atoms with Gasteiger partial charge in [-0.15, -0.1) is 0 Å². The molecular weight excluding hydrogens is 696 g/mol. The van der Waals surface area contributed by atoms with Gasteiger partial charge in [0.2, 0.25) is 0 Å². The summed E-state index contributed by atoms with van der Waals surface area (Å²) in [7, 11) is 0. The Labute approximate surface area is 321 Å². The molecule has 6 aliphatic rings. The zero-order chi connectivity index (χ0) is 39.7. The van der Waals surface area contributed by atoms with Crippen LogP contribution in [0, 0.1) is 45.3 Å². The topological polar surface area (TPSA) is 199 Å².